The van der Waals surface area contributed by atoms with Crippen LogP contribution in [0.15, 0.2) is 18.2 Å². The molecule has 0 aromatic heterocycles. The Labute approximate surface area is 163 Å². The Bertz CT molecular complexity index is 870. The molecule has 150 valence electrons. The molecule has 6 nitrogen and oxygen atoms in total. The third-order valence-electron chi connectivity index (χ3n) is 6.47. The fourth-order valence-corrected chi connectivity index (χ4v) is 5.12. The molecule has 0 unspecified atom stereocenters. The van der Waals surface area contributed by atoms with Gasteiger partial charge in [-0.15, -0.1) is 0 Å². The van der Waals surface area contributed by atoms with E-state index in [2.05, 4.69) is 10.6 Å². The predicted molar refractivity (Wildman–Crippen MR) is 102 cm³/mol. The second-order valence-corrected chi connectivity index (χ2v) is 8.64. The number of hydrogen-bond donors (Lipinski definition) is 2. The number of amides is 3. The summed E-state index contributed by atoms with van der Waals surface area (Å²) in [5.74, 6) is -2.64. The predicted octanol–water partition coefficient (Wildman–Crippen LogP) is 2.39. The summed E-state index contributed by atoms with van der Waals surface area (Å²) in [5, 5.41) is 6.11. The van der Waals surface area contributed by atoms with Crippen LogP contribution in [0.1, 0.15) is 46.1 Å². The summed E-state index contributed by atoms with van der Waals surface area (Å²) < 4.78 is 14.1. The molecule has 3 amide bonds. The minimum absolute atomic E-state index is 0.225. The van der Waals surface area contributed by atoms with Gasteiger partial charge in [-0.25, -0.2) is 4.39 Å². The van der Waals surface area contributed by atoms with Gasteiger partial charge in [0.2, 0.25) is 17.7 Å². The van der Waals surface area contributed by atoms with Crippen LogP contribution >= 0.6 is 0 Å². The summed E-state index contributed by atoms with van der Waals surface area (Å²) in [6.07, 6.45) is 1.29. The number of rotatable bonds is 4. The zero-order valence-corrected chi connectivity index (χ0v) is 16.6. The van der Waals surface area contributed by atoms with Crippen LogP contribution in [-0.4, -0.2) is 34.7 Å². The van der Waals surface area contributed by atoms with E-state index >= 15 is 0 Å². The number of anilines is 1. The molecule has 3 aliphatic heterocycles. The quantitative estimate of drug-likeness (QED) is 0.778. The number of imide groups is 1. The second-order valence-electron chi connectivity index (χ2n) is 8.64. The summed E-state index contributed by atoms with van der Waals surface area (Å²) in [6.45, 7) is 7.85. The van der Waals surface area contributed by atoms with E-state index in [0.29, 0.717) is 24.1 Å². The van der Waals surface area contributed by atoms with Crippen molar-refractivity contribution < 1.29 is 18.8 Å². The Morgan fingerprint density at radius 3 is 2.54 bits per heavy atom. The SMILES string of the molecule is CC[C@@H](C)N1C(=O)[C@@H]2[C@H](CC(C)C)N[C@@]3(C(=O)Nc4ccc(F)cc43)[C@@H]2C1=O. The fraction of sp³-hybridized carbons (Fsp3) is 0.571. The summed E-state index contributed by atoms with van der Waals surface area (Å²) in [4.78, 5) is 41.2. The molecule has 4 rings (SSSR count). The van der Waals surface area contributed by atoms with Crippen LogP contribution < -0.4 is 10.6 Å². The standard InChI is InChI=1S/C21H26FN3O3/c1-5-11(4)25-18(26)16-15(8-10(2)3)24-21(17(16)19(25)27)13-9-12(22)6-7-14(13)23-20(21)28/h6-7,9-11,15-17,24H,5,8H2,1-4H3,(H,23,28)/t11-,15+,16-,17+,21-/m1/s1. The number of carbonyl (C=O) groups is 3. The van der Waals surface area contributed by atoms with Gasteiger partial charge in [0.1, 0.15) is 11.4 Å². The Morgan fingerprint density at radius 2 is 1.89 bits per heavy atom. The normalized spacial score (nSPS) is 32.3. The van der Waals surface area contributed by atoms with E-state index in [1.54, 1.807) is 0 Å². The molecule has 2 fully saturated rings. The van der Waals surface area contributed by atoms with Gasteiger partial charge in [0, 0.05) is 23.3 Å². The highest BCUT2D eigenvalue weighted by atomic mass is 19.1. The van der Waals surface area contributed by atoms with Gasteiger partial charge in [0.25, 0.3) is 0 Å². The maximum absolute atomic E-state index is 14.1. The molecule has 0 bridgehead atoms. The van der Waals surface area contributed by atoms with Crippen molar-refractivity contribution in [3.8, 4) is 0 Å². The van der Waals surface area contributed by atoms with E-state index in [0.717, 1.165) is 0 Å². The number of carbonyl (C=O) groups excluding carboxylic acids is 3. The van der Waals surface area contributed by atoms with E-state index in [-0.39, 0.29) is 35.7 Å². The van der Waals surface area contributed by atoms with E-state index in [4.69, 9.17) is 0 Å². The summed E-state index contributed by atoms with van der Waals surface area (Å²) in [6, 6.07) is 3.54. The minimum Gasteiger partial charge on any atom is -0.324 e. The molecule has 1 aromatic carbocycles. The molecule has 1 aromatic rings. The first-order chi connectivity index (χ1) is 13.2. The Morgan fingerprint density at radius 1 is 1.18 bits per heavy atom. The van der Waals surface area contributed by atoms with Crippen molar-refractivity contribution in [3.63, 3.8) is 0 Å². The number of nitrogens with zero attached hydrogens (tertiary/aromatic N) is 1. The summed E-state index contributed by atoms with van der Waals surface area (Å²) in [5.41, 5.74) is -0.493. The smallest absolute Gasteiger partial charge is 0.250 e. The number of likely N-dealkylation sites (tertiary alicyclic amines) is 1. The molecule has 7 heteroatoms. The molecule has 0 aliphatic carbocycles. The van der Waals surface area contributed by atoms with E-state index < -0.39 is 23.2 Å². The highest BCUT2D eigenvalue weighted by Crippen LogP contribution is 2.54. The molecule has 5 atom stereocenters. The lowest BCUT2D eigenvalue weighted by Crippen LogP contribution is -2.54. The van der Waals surface area contributed by atoms with Crippen molar-refractivity contribution in [2.24, 2.45) is 17.8 Å². The van der Waals surface area contributed by atoms with Crippen LogP contribution in [0.5, 0.6) is 0 Å². The number of halogens is 1. The lowest BCUT2D eigenvalue weighted by atomic mass is 9.76. The zero-order chi connectivity index (χ0) is 20.4. The highest BCUT2D eigenvalue weighted by molar-refractivity contribution is 6.15. The van der Waals surface area contributed by atoms with Crippen LogP contribution in [-0.2, 0) is 19.9 Å². The largest absolute Gasteiger partial charge is 0.324 e. The van der Waals surface area contributed by atoms with E-state index in [1.807, 2.05) is 27.7 Å². The highest BCUT2D eigenvalue weighted by Gasteiger charge is 2.70. The maximum Gasteiger partial charge on any atom is 0.250 e. The lowest BCUT2D eigenvalue weighted by molar-refractivity contribution is -0.145. The number of fused-ring (bicyclic) bond motifs is 4. The Hall–Kier alpha value is -2.28. The van der Waals surface area contributed by atoms with Crippen LogP contribution in [0.2, 0.25) is 0 Å². The van der Waals surface area contributed by atoms with Gasteiger partial charge in [0.15, 0.2) is 0 Å². The number of nitrogens with one attached hydrogen (secondary N) is 2. The van der Waals surface area contributed by atoms with Gasteiger partial charge in [-0.2, -0.15) is 0 Å². The average molecular weight is 387 g/mol. The number of benzene rings is 1. The van der Waals surface area contributed by atoms with E-state index in [1.165, 1.54) is 23.1 Å². The molecule has 0 saturated carbocycles. The van der Waals surface area contributed by atoms with Crippen LogP contribution in [0.4, 0.5) is 10.1 Å². The zero-order valence-electron chi connectivity index (χ0n) is 16.6. The van der Waals surface area contributed by atoms with Gasteiger partial charge in [0.05, 0.1) is 11.8 Å². The molecular formula is C21H26FN3O3. The Balaban J connectivity index is 1.89. The van der Waals surface area contributed by atoms with Gasteiger partial charge in [-0.1, -0.05) is 20.8 Å². The number of hydrogen-bond acceptors (Lipinski definition) is 4. The monoisotopic (exact) mass is 387 g/mol. The van der Waals surface area contributed by atoms with Crippen LogP contribution in [0, 0.1) is 23.6 Å². The van der Waals surface area contributed by atoms with Crippen molar-refractivity contribution >= 4 is 23.4 Å². The van der Waals surface area contributed by atoms with Crippen molar-refractivity contribution in [1.29, 1.82) is 0 Å². The van der Waals surface area contributed by atoms with Crippen molar-refractivity contribution in [3.05, 3.63) is 29.6 Å². The molecule has 3 heterocycles. The molecule has 28 heavy (non-hydrogen) atoms. The Kier molecular flexibility index (Phi) is 4.34. The van der Waals surface area contributed by atoms with E-state index in [9.17, 15) is 18.8 Å². The fourth-order valence-electron chi connectivity index (χ4n) is 5.12. The van der Waals surface area contributed by atoms with Crippen molar-refractivity contribution in [1.82, 2.24) is 10.2 Å². The van der Waals surface area contributed by atoms with Gasteiger partial charge in [-0.05, 0) is 43.9 Å². The minimum atomic E-state index is -1.41. The first-order valence-corrected chi connectivity index (χ1v) is 9.98. The van der Waals surface area contributed by atoms with Crippen molar-refractivity contribution in [2.75, 3.05) is 5.32 Å². The topological polar surface area (TPSA) is 78.5 Å². The summed E-state index contributed by atoms with van der Waals surface area (Å²) >= 11 is 0. The average Bonchev–Trinajstić information content (AvgIpc) is 3.20. The first-order valence-electron chi connectivity index (χ1n) is 9.98. The lowest BCUT2D eigenvalue weighted by Gasteiger charge is -2.31. The maximum atomic E-state index is 14.1. The molecule has 1 spiro atoms. The van der Waals surface area contributed by atoms with Gasteiger partial charge in [-0.3, -0.25) is 24.6 Å². The third-order valence-corrected chi connectivity index (χ3v) is 6.47. The molecule has 3 aliphatic rings. The van der Waals surface area contributed by atoms with Gasteiger partial charge < -0.3 is 5.32 Å². The van der Waals surface area contributed by atoms with Crippen LogP contribution in [0.25, 0.3) is 0 Å². The molecule has 2 saturated heterocycles. The molecule has 2 N–H and O–H groups in total. The molecular weight excluding hydrogens is 361 g/mol. The second kappa shape index (κ2) is 6.37. The first kappa shape index (κ1) is 19.1. The molecule has 0 radical (unpaired) electrons. The van der Waals surface area contributed by atoms with Gasteiger partial charge >= 0.3 is 0 Å². The summed E-state index contributed by atoms with van der Waals surface area (Å²) in [7, 11) is 0. The van der Waals surface area contributed by atoms with Crippen molar-refractivity contribution in [2.45, 2.75) is 58.2 Å². The van der Waals surface area contributed by atoms with Crippen LogP contribution in [0.3, 0.4) is 0 Å². The third kappa shape index (κ3) is 2.38.